The van der Waals surface area contributed by atoms with Crippen LogP contribution in [0.1, 0.15) is 64.0 Å². The van der Waals surface area contributed by atoms with E-state index in [1.807, 2.05) is 10.8 Å². The number of methoxy groups -OCH3 is 1. The van der Waals surface area contributed by atoms with Crippen LogP contribution in [0.4, 0.5) is 0 Å². The van der Waals surface area contributed by atoms with Crippen LogP contribution >= 0.6 is 0 Å². The lowest BCUT2D eigenvalue weighted by Gasteiger charge is -2.18. The molecule has 0 N–H and O–H groups in total. The predicted molar refractivity (Wildman–Crippen MR) is 95.3 cm³/mol. The molecule has 142 valence electrons. The van der Waals surface area contributed by atoms with Gasteiger partial charge in [0.05, 0.1) is 19.1 Å². The Bertz CT molecular complexity index is 641. The number of Topliss-reactive ketones (excluding diaryl/α,β-unsaturated/α-hetero) is 1. The third-order valence-electron chi connectivity index (χ3n) is 5.44. The van der Waals surface area contributed by atoms with E-state index in [4.69, 9.17) is 4.84 Å². The highest BCUT2D eigenvalue weighted by Crippen LogP contribution is 2.38. The van der Waals surface area contributed by atoms with E-state index in [1.54, 1.807) is 12.5 Å². The SMILES string of the molecule is COC(=O)CCCCCC[C@H]1C(=O)CC[C@@H]1C1=NOC(n2ccnc2)C1. The third-order valence-corrected chi connectivity index (χ3v) is 5.44. The first-order valence-electron chi connectivity index (χ1n) is 9.48. The van der Waals surface area contributed by atoms with Gasteiger partial charge in [0, 0.05) is 43.5 Å². The number of carbonyl (C=O) groups excluding carboxylic acids is 2. The summed E-state index contributed by atoms with van der Waals surface area (Å²) in [4.78, 5) is 33.0. The maximum atomic E-state index is 12.3. The molecule has 7 nitrogen and oxygen atoms in total. The maximum absolute atomic E-state index is 12.3. The standard InChI is InChI=1S/C19H27N3O4/c1-25-19(24)7-5-3-2-4-6-15-14(8-9-17(15)23)16-12-18(26-21-16)22-11-10-20-13-22/h10-11,13-15,18H,2-9,12H2,1H3/t14-,15+,18?/m0/s1. The predicted octanol–water partition coefficient (Wildman–Crippen LogP) is 3.27. The minimum absolute atomic E-state index is 0.0690. The highest BCUT2D eigenvalue weighted by atomic mass is 16.7. The first-order chi connectivity index (χ1) is 12.7. The van der Waals surface area contributed by atoms with Crippen LogP contribution in [0, 0.1) is 11.8 Å². The monoisotopic (exact) mass is 361 g/mol. The number of rotatable bonds is 9. The summed E-state index contributed by atoms with van der Waals surface area (Å²) >= 11 is 0. The second-order valence-electron chi connectivity index (χ2n) is 7.10. The molecule has 1 aromatic rings. The van der Waals surface area contributed by atoms with Crippen molar-refractivity contribution in [3.05, 3.63) is 18.7 Å². The van der Waals surface area contributed by atoms with Gasteiger partial charge in [0.1, 0.15) is 5.78 Å². The zero-order chi connectivity index (χ0) is 18.4. The molecule has 1 saturated carbocycles. The van der Waals surface area contributed by atoms with Crippen LogP contribution in [0.15, 0.2) is 23.9 Å². The molecule has 3 rings (SSSR count). The van der Waals surface area contributed by atoms with Gasteiger partial charge in [0.25, 0.3) is 0 Å². The normalized spacial score (nSPS) is 25.2. The molecule has 0 radical (unpaired) electrons. The lowest BCUT2D eigenvalue weighted by molar-refractivity contribution is -0.140. The number of carbonyl (C=O) groups is 2. The van der Waals surface area contributed by atoms with Crippen LogP contribution < -0.4 is 0 Å². The minimum Gasteiger partial charge on any atom is -0.469 e. The summed E-state index contributed by atoms with van der Waals surface area (Å²) in [5, 5.41) is 4.29. The van der Waals surface area contributed by atoms with Crippen molar-refractivity contribution in [2.45, 2.75) is 64.0 Å². The van der Waals surface area contributed by atoms with Gasteiger partial charge in [-0.25, -0.2) is 4.98 Å². The van der Waals surface area contributed by atoms with Crippen molar-refractivity contribution in [2.75, 3.05) is 7.11 Å². The van der Waals surface area contributed by atoms with Crippen molar-refractivity contribution >= 4 is 17.5 Å². The van der Waals surface area contributed by atoms with Crippen LogP contribution in [0.5, 0.6) is 0 Å². The average molecular weight is 361 g/mol. The molecular formula is C19H27N3O4. The van der Waals surface area contributed by atoms with E-state index in [2.05, 4.69) is 14.9 Å². The fraction of sp³-hybridized carbons (Fsp3) is 0.684. The molecule has 2 heterocycles. The van der Waals surface area contributed by atoms with E-state index in [0.717, 1.165) is 50.7 Å². The fourth-order valence-electron chi connectivity index (χ4n) is 3.96. The van der Waals surface area contributed by atoms with Crippen molar-refractivity contribution in [3.63, 3.8) is 0 Å². The van der Waals surface area contributed by atoms with Crippen LogP contribution in [-0.2, 0) is 19.2 Å². The largest absolute Gasteiger partial charge is 0.469 e. The Balaban J connectivity index is 1.43. The number of unbranched alkanes of at least 4 members (excludes halogenated alkanes) is 3. The zero-order valence-electron chi connectivity index (χ0n) is 15.3. The van der Waals surface area contributed by atoms with E-state index in [1.165, 1.54) is 7.11 Å². The molecule has 1 aliphatic carbocycles. The van der Waals surface area contributed by atoms with Gasteiger partial charge in [0.15, 0.2) is 0 Å². The van der Waals surface area contributed by atoms with Gasteiger partial charge in [-0.3, -0.25) is 14.2 Å². The lowest BCUT2D eigenvalue weighted by atomic mass is 9.85. The zero-order valence-corrected chi connectivity index (χ0v) is 15.3. The number of hydrogen-bond acceptors (Lipinski definition) is 6. The van der Waals surface area contributed by atoms with E-state index < -0.39 is 0 Å². The van der Waals surface area contributed by atoms with E-state index >= 15 is 0 Å². The highest BCUT2D eigenvalue weighted by Gasteiger charge is 2.40. The first-order valence-corrected chi connectivity index (χ1v) is 9.48. The average Bonchev–Trinajstić information content (AvgIpc) is 3.38. The Morgan fingerprint density at radius 3 is 2.96 bits per heavy atom. The first kappa shape index (κ1) is 18.6. The van der Waals surface area contributed by atoms with Crippen LogP contribution in [0.2, 0.25) is 0 Å². The number of oxime groups is 1. The molecule has 2 aliphatic rings. The van der Waals surface area contributed by atoms with Gasteiger partial charge >= 0.3 is 5.97 Å². The summed E-state index contributed by atoms with van der Waals surface area (Å²) in [5.41, 5.74) is 1.02. The second kappa shape index (κ2) is 8.96. The molecule has 1 aromatic heterocycles. The molecule has 26 heavy (non-hydrogen) atoms. The molecule has 1 aliphatic heterocycles. The minimum atomic E-state index is -0.150. The highest BCUT2D eigenvalue weighted by molar-refractivity contribution is 5.96. The summed E-state index contributed by atoms with van der Waals surface area (Å²) in [6, 6.07) is 0. The fourth-order valence-corrected chi connectivity index (χ4v) is 3.96. The summed E-state index contributed by atoms with van der Waals surface area (Å²) in [5.74, 6) is 0.492. The molecule has 1 unspecified atom stereocenters. The number of ether oxygens (including phenoxy) is 1. The number of esters is 1. The maximum Gasteiger partial charge on any atom is 0.305 e. The molecule has 0 amide bonds. The van der Waals surface area contributed by atoms with Crippen molar-refractivity contribution in [2.24, 2.45) is 17.0 Å². The Hall–Kier alpha value is -2.18. The molecule has 7 heteroatoms. The Morgan fingerprint density at radius 2 is 2.19 bits per heavy atom. The van der Waals surface area contributed by atoms with Gasteiger partial charge in [-0.05, 0) is 19.3 Å². The van der Waals surface area contributed by atoms with Crippen molar-refractivity contribution in [3.8, 4) is 0 Å². The van der Waals surface area contributed by atoms with Crippen molar-refractivity contribution in [1.29, 1.82) is 0 Å². The van der Waals surface area contributed by atoms with Gasteiger partial charge in [-0.1, -0.05) is 24.4 Å². The van der Waals surface area contributed by atoms with Crippen LogP contribution in [-0.4, -0.2) is 34.1 Å². The number of aromatic nitrogens is 2. The van der Waals surface area contributed by atoms with E-state index in [-0.39, 0.29) is 24.0 Å². The Labute approximate surface area is 153 Å². The molecule has 1 fully saturated rings. The van der Waals surface area contributed by atoms with Gasteiger partial charge in [0.2, 0.25) is 6.23 Å². The van der Waals surface area contributed by atoms with Crippen LogP contribution in [0.3, 0.4) is 0 Å². The quantitative estimate of drug-likeness (QED) is 0.498. The second-order valence-corrected chi connectivity index (χ2v) is 7.10. The smallest absolute Gasteiger partial charge is 0.305 e. The number of imidazole rings is 1. The molecule has 0 aromatic carbocycles. The molecule has 0 spiro atoms. The molecule has 0 saturated heterocycles. The summed E-state index contributed by atoms with van der Waals surface area (Å²) < 4.78 is 6.55. The summed E-state index contributed by atoms with van der Waals surface area (Å²) in [7, 11) is 1.42. The van der Waals surface area contributed by atoms with E-state index in [0.29, 0.717) is 18.6 Å². The van der Waals surface area contributed by atoms with Gasteiger partial charge in [-0.2, -0.15) is 0 Å². The topological polar surface area (TPSA) is 82.8 Å². The van der Waals surface area contributed by atoms with Gasteiger partial charge in [-0.15, -0.1) is 0 Å². The Morgan fingerprint density at radius 1 is 1.35 bits per heavy atom. The Kier molecular flexibility index (Phi) is 6.41. The van der Waals surface area contributed by atoms with Crippen molar-refractivity contribution < 1.29 is 19.2 Å². The number of nitrogens with zero attached hydrogens (tertiary/aromatic N) is 3. The lowest BCUT2D eigenvalue weighted by Crippen LogP contribution is -2.22. The van der Waals surface area contributed by atoms with Crippen molar-refractivity contribution in [1.82, 2.24) is 9.55 Å². The number of hydrogen-bond donors (Lipinski definition) is 0. The summed E-state index contributed by atoms with van der Waals surface area (Å²) in [6.45, 7) is 0. The molecular weight excluding hydrogens is 334 g/mol. The van der Waals surface area contributed by atoms with E-state index in [9.17, 15) is 9.59 Å². The van der Waals surface area contributed by atoms with Gasteiger partial charge < -0.3 is 9.57 Å². The molecule has 0 bridgehead atoms. The van der Waals surface area contributed by atoms with Crippen LogP contribution in [0.25, 0.3) is 0 Å². The number of ketones is 1. The molecule has 3 atom stereocenters. The third kappa shape index (κ3) is 4.51. The summed E-state index contributed by atoms with van der Waals surface area (Å²) in [6.07, 6.45) is 12.7.